The van der Waals surface area contributed by atoms with E-state index in [2.05, 4.69) is 21.2 Å². The molecular formula is C15H10BrNO3S. The van der Waals surface area contributed by atoms with E-state index >= 15 is 0 Å². The number of carbonyl (C=O) groups excluding carboxylic acids is 1. The molecule has 0 fully saturated rings. The minimum Gasteiger partial charge on any atom is -0.321 e. The van der Waals surface area contributed by atoms with Crippen molar-refractivity contribution in [3.05, 3.63) is 63.5 Å². The first-order valence-corrected chi connectivity index (χ1v) is 8.39. The highest BCUT2D eigenvalue weighted by atomic mass is 79.9. The quantitative estimate of drug-likeness (QED) is 0.890. The molecule has 0 saturated carbocycles. The molecule has 3 rings (SSSR count). The van der Waals surface area contributed by atoms with E-state index in [0.717, 1.165) is 0 Å². The van der Waals surface area contributed by atoms with Gasteiger partial charge in [0.1, 0.15) is 4.91 Å². The first kappa shape index (κ1) is 14.0. The second-order valence-corrected chi connectivity index (χ2v) is 7.32. The normalized spacial score (nSPS) is 15.2. The van der Waals surface area contributed by atoms with Crippen LogP contribution in [0.15, 0.2) is 62.8 Å². The van der Waals surface area contributed by atoms with Gasteiger partial charge in [0.2, 0.25) is 9.84 Å². The minimum absolute atomic E-state index is 0.148. The maximum Gasteiger partial charge on any atom is 0.267 e. The van der Waals surface area contributed by atoms with Gasteiger partial charge < -0.3 is 5.32 Å². The number of rotatable bonds is 2. The van der Waals surface area contributed by atoms with Crippen molar-refractivity contribution < 1.29 is 13.2 Å². The second kappa shape index (κ2) is 5.13. The van der Waals surface area contributed by atoms with Crippen molar-refractivity contribution in [2.45, 2.75) is 4.90 Å². The Bertz CT molecular complexity index is 858. The summed E-state index contributed by atoms with van der Waals surface area (Å²) in [5, 5.41) is 2.59. The molecule has 1 aliphatic heterocycles. The van der Waals surface area contributed by atoms with Crippen molar-refractivity contribution in [2.24, 2.45) is 0 Å². The van der Waals surface area contributed by atoms with E-state index in [-0.39, 0.29) is 9.80 Å². The van der Waals surface area contributed by atoms with Gasteiger partial charge in [0.05, 0.1) is 4.90 Å². The molecule has 0 bridgehead atoms. The van der Waals surface area contributed by atoms with E-state index in [1.165, 1.54) is 12.1 Å². The number of para-hydroxylation sites is 1. The van der Waals surface area contributed by atoms with Crippen LogP contribution in [0.25, 0.3) is 6.08 Å². The topological polar surface area (TPSA) is 63.2 Å². The van der Waals surface area contributed by atoms with E-state index in [1.54, 1.807) is 36.4 Å². The molecule has 21 heavy (non-hydrogen) atoms. The summed E-state index contributed by atoms with van der Waals surface area (Å²) < 4.78 is 25.5. The first-order chi connectivity index (χ1) is 9.98. The molecule has 0 radical (unpaired) electrons. The number of fused-ring (bicyclic) bond motifs is 1. The summed E-state index contributed by atoms with van der Waals surface area (Å²) in [5.74, 6) is -0.631. The molecular weight excluding hydrogens is 354 g/mol. The monoisotopic (exact) mass is 363 g/mol. The molecule has 0 unspecified atom stereocenters. The maximum absolute atomic E-state index is 12.4. The van der Waals surface area contributed by atoms with Crippen LogP contribution in [-0.4, -0.2) is 14.3 Å². The Morgan fingerprint density at radius 3 is 2.48 bits per heavy atom. The molecule has 4 nitrogen and oxygen atoms in total. The number of halogens is 1. The number of amides is 1. The van der Waals surface area contributed by atoms with Gasteiger partial charge in [-0.25, -0.2) is 8.42 Å². The van der Waals surface area contributed by atoms with E-state index in [9.17, 15) is 13.2 Å². The highest BCUT2D eigenvalue weighted by Crippen LogP contribution is 2.35. The largest absolute Gasteiger partial charge is 0.321 e. The predicted molar refractivity (Wildman–Crippen MR) is 84.4 cm³/mol. The van der Waals surface area contributed by atoms with Crippen molar-refractivity contribution >= 4 is 43.4 Å². The van der Waals surface area contributed by atoms with Crippen LogP contribution in [0.1, 0.15) is 5.56 Å². The second-order valence-electron chi connectivity index (χ2n) is 4.51. The fraction of sp³-hybridized carbons (Fsp3) is 0. The Balaban J connectivity index is 1.96. The standard InChI is InChI=1S/C15H10BrNO3S/c16-11-7-6-10-8-14(21(19,20)13(10)9-11)15(18)17-12-4-2-1-3-5-12/h1-9H,(H,17,18). The van der Waals surface area contributed by atoms with Crippen LogP contribution in [0, 0.1) is 0 Å². The third-order valence-electron chi connectivity index (χ3n) is 3.10. The predicted octanol–water partition coefficient (Wildman–Crippen LogP) is 3.22. The Labute approximate surface area is 130 Å². The van der Waals surface area contributed by atoms with Crippen LogP contribution in [0.2, 0.25) is 0 Å². The molecule has 0 aliphatic carbocycles. The number of sulfone groups is 1. The number of nitrogens with one attached hydrogen (secondary N) is 1. The summed E-state index contributed by atoms with van der Waals surface area (Å²) in [7, 11) is -3.77. The summed E-state index contributed by atoms with van der Waals surface area (Å²) in [5.41, 5.74) is 1.08. The third-order valence-corrected chi connectivity index (χ3v) is 5.40. The van der Waals surface area contributed by atoms with Gasteiger partial charge in [0, 0.05) is 10.2 Å². The van der Waals surface area contributed by atoms with Crippen LogP contribution in [0.4, 0.5) is 5.69 Å². The average molecular weight is 364 g/mol. The summed E-state index contributed by atoms with van der Waals surface area (Å²) in [4.78, 5) is 12.1. The molecule has 0 atom stereocenters. The van der Waals surface area contributed by atoms with Crippen LogP contribution in [0.5, 0.6) is 0 Å². The van der Waals surface area contributed by atoms with E-state index in [0.29, 0.717) is 15.7 Å². The maximum atomic E-state index is 12.4. The van der Waals surface area contributed by atoms with E-state index in [1.807, 2.05) is 6.07 Å². The zero-order chi connectivity index (χ0) is 15.0. The SMILES string of the molecule is O=C(Nc1ccccc1)C1=Cc2ccc(Br)cc2S1(=O)=O. The summed E-state index contributed by atoms with van der Waals surface area (Å²) in [6.45, 7) is 0. The molecule has 1 heterocycles. The van der Waals surface area contributed by atoms with Crippen LogP contribution in [0.3, 0.4) is 0 Å². The fourth-order valence-electron chi connectivity index (χ4n) is 2.10. The number of hydrogen-bond acceptors (Lipinski definition) is 3. The van der Waals surface area contributed by atoms with E-state index < -0.39 is 15.7 Å². The van der Waals surface area contributed by atoms with Crippen LogP contribution in [-0.2, 0) is 14.6 Å². The molecule has 1 aliphatic rings. The molecule has 1 amide bonds. The van der Waals surface area contributed by atoms with Crippen molar-refractivity contribution in [1.82, 2.24) is 0 Å². The van der Waals surface area contributed by atoms with Gasteiger partial charge >= 0.3 is 0 Å². The van der Waals surface area contributed by atoms with Gasteiger partial charge in [-0.2, -0.15) is 0 Å². The lowest BCUT2D eigenvalue weighted by Gasteiger charge is -2.06. The molecule has 0 spiro atoms. The molecule has 2 aromatic rings. The van der Waals surface area contributed by atoms with Gasteiger partial charge in [-0.05, 0) is 35.9 Å². The molecule has 6 heteroatoms. The molecule has 1 N–H and O–H groups in total. The Morgan fingerprint density at radius 2 is 1.76 bits per heavy atom. The highest BCUT2D eigenvalue weighted by molar-refractivity contribution is 9.10. The lowest BCUT2D eigenvalue weighted by Crippen LogP contribution is -2.18. The third kappa shape index (κ3) is 2.52. The zero-order valence-corrected chi connectivity index (χ0v) is 13.1. The number of carbonyl (C=O) groups is 1. The number of hydrogen-bond donors (Lipinski definition) is 1. The smallest absolute Gasteiger partial charge is 0.267 e. The molecule has 0 saturated heterocycles. The summed E-state index contributed by atoms with van der Waals surface area (Å²) in [6, 6.07) is 13.6. The molecule has 106 valence electrons. The van der Waals surface area contributed by atoms with Gasteiger partial charge in [-0.3, -0.25) is 4.79 Å². The van der Waals surface area contributed by atoms with Crippen molar-refractivity contribution in [2.75, 3.05) is 5.32 Å². The van der Waals surface area contributed by atoms with Crippen molar-refractivity contribution in [3.63, 3.8) is 0 Å². The van der Waals surface area contributed by atoms with Crippen molar-refractivity contribution in [1.29, 1.82) is 0 Å². The molecule has 0 aromatic heterocycles. The Morgan fingerprint density at radius 1 is 1.05 bits per heavy atom. The van der Waals surface area contributed by atoms with Gasteiger partial charge in [0.25, 0.3) is 5.91 Å². The number of anilines is 1. The van der Waals surface area contributed by atoms with Gasteiger partial charge in [-0.15, -0.1) is 0 Å². The minimum atomic E-state index is -3.77. The van der Waals surface area contributed by atoms with Crippen LogP contribution >= 0.6 is 15.9 Å². The highest BCUT2D eigenvalue weighted by Gasteiger charge is 2.34. The fourth-order valence-corrected chi connectivity index (χ4v) is 4.15. The Hall–Kier alpha value is -1.92. The summed E-state index contributed by atoms with van der Waals surface area (Å²) >= 11 is 3.24. The van der Waals surface area contributed by atoms with Gasteiger partial charge in [-0.1, -0.05) is 40.2 Å². The van der Waals surface area contributed by atoms with Crippen molar-refractivity contribution in [3.8, 4) is 0 Å². The van der Waals surface area contributed by atoms with E-state index in [4.69, 9.17) is 0 Å². The average Bonchev–Trinajstić information content (AvgIpc) is 2.72. The Kier molecular flexibility index (Phi) is 3.43. The lowest BCUT2D eigenvalue weighted by molar-refractivity contribution is -0.112. The van der Waals surface area contributed by atoms with Gasteiger partial charge in [0.15, 0.2) is 0 Å². The first-order valence-electron chi connectivity index (χ1n) is 6.11. The summed E-state index contributed by atoms with van der Waals surface area (Å²) in [6.07, 6.45) is 1.40. The molecule has 2 aromatic carbocycles. The lowest BCUT2D eigenvalue weighted by atomic mass is 10.2. The zero-order valence-electron chi connectivity index (χ0n) is 10.7. The number of benzene rings is 2. The van der Waals surface area contributed by atoms with Crippen LogP contribution < -0.4 is 5.32 Å².